The monoisotopic (exact) mass is 350 g/mol. The molecule has 26 heavy (non-hydrogen) atoms. The van der Waals surface area contributed by atoms with Crippen LogP contribution in [0, 0.1) is 12.8 Å². The molecule has 0 unspecified atom stereocenters. The fraction of sp³-hybridized carbons (Fsp3) is 0.273. The van der Waals surface area contributed by atoms with E-state index in [0.717, 1.165) is 17.5 Å². The van der Waals surface area contributed by atoms with Crippen LogP contribution in [0.3, 0.4) is 0 Å². The van der Waals surface area contributed by atoms with Gasteiger partial charge in [-0.2, -0.15) is 0 Å². The van der Waals surface area contributed by atoms with Crippen LogP contribution in [0.2, 0.25) is 0 Å². The number of esters is 1. The van der Waals surface area contributed by atoms with E-state index in [1.165, 1.54) is 5.56 Å². The average Bonchev–Trinajstić information content (AvgIpc) is 2.91. The van der Waals surface area contributed by atoms with Crippen molar-refractivity contribution in [1.82, 2.24) is 0 Å². The highest BCUT2D eigenvalue weighted by Crippen LogP contribution is 2.37. The highest BCUT2D eigenvalue weighted by Gasteiger charge is 2.30. The molecule has 0 atom stereocenters. The molecule has 0 bridgehead atoms. The summed E-state index contributed by atoms with van der Waals surface area (Å²) < 4.78 is 11.1. The fourth-order valence-electron chi connectivity index (χ4n) is 2.77. The minimum Gasteiger partial charge on any atom is -0.452 e. The first-order valence-electron chi connectivity index (χ1n) is 8.78. The third-order valence-electron chi connectivity index (χ3n) is 4.32. The molecule has 0 radical (unpaired) electrons. The van der Waals surface area contributed by atoms with Crippen molar-refractivity contribution in [2.45, 2.75) is 34.1 Å². The number of benzene rings is 2. The predicted molar refractivity (Wildman–Crippen MR) is 100 cm³/mol. The number of ether oxygens (including phenoxy) is 2. The Labute approximate surface area is 153 Å². The molecule has 1 aliphatic rings. The van der Waals surface area contributed by atoms with Gasteiger partial charge in [-0.3, -0.25) is 9.59 Å². The number of fused-ring (bicyclic) bond motifs is 1. The SMILES string of the molecule is CCc1ccc(/C=C2\Oc3cc(OC(=O)C(C)C)cc(C)c3C2=O)cc1. The summed E-state index contributed by atoms with van der Waals surface area (Å²) in [5.74, 6) is 0.394. The number of allylic oxidation sites excluding steroid dienone is 1. The smallest absolute Gasteiger partial charge is 0.313 e. The van der Waals surface area contributed by atoms with Gasteiger partial charge in [0, 0.05) is 6.07 Å². The summed E-state index contributed by atoms with van der Waals surface area (Å²) in [6, 6.07) is 11.3. The van der Waals surface area contributed by atoms with E-state index in [4.69, 9.17) is 9.47 Å². The van der Waals surface area contributed by atoms with Crippen molar-refractivity contribution >= 4 is 17.8 Å². The van der Waals surface area contributed by atoms with E-state index in [0.29, 0.717) is 17.1 Å². The van der Waals surface area contributed by atoms with Crippen LogP contribution in [0.4, 0.5) is 0 Å². The van der Waals surface area contributed by atoms with E-state index in [1.807, 2.05) is 31.2 Å². The number of hydrogen-bond acceptors (Lipinski definition) is 4. The van der Waals surface area contributed by atoms with E-state index >= 15 is 0 Å². The molecule has 134 valence electrons. The predicted octanol–water partition coefficient (Wildman–Crippen LogP) is 4.74. The number of carbonyl (C=O) groups is 2. The van der Waals surface area contributed by atoms with Gasteiger partial charge in [0.2, 0.25) is 5.78 Å². The molecule has 4 nitrogen and oxygen atoms in total. The van der Waals surface area contributed by atoms with Gasteiger partial charge in [-0.05, 0) is 42.2 Å². The fourth-order valence-corrected chi connectivity index (χ4v) is 2.77. The van der Waals surface area contributed by atoms with Gasteiger partial charge in [-0.15, -0.1) is 0 Å². The molecule has 4 heteroatoms. The topological polar surface area (TPSA) is 52.6 Å². The van der Waals surface area contributed by atoms with Crippen molar-refractivity contribution in [3.05, 3.63) is 64.4 Å². The first-order chi connectivity index (χ1) is 12.4. The van der Waals surface area contributed by atoms with Gasteiger partial charge in [0.05, 0.1) is 11.5 Å². The summed E-state index contributed by atoms with van der Waals surface area (Å²) >= 11 is 0. The molecule has 0 aromatic heterocycles. The van der Waals surface area contributed by atoms with Crippen LogP contribution in [-0.4, -0.2) is 11.8 Å². The molecular formula is C22H22O4. The summed E-state index contributed by atoms with van der Waals surface area (Å²) in [7, 11) is 0. The third kappa shape index (κ3) is 3.54. The maximum atomic E-state index is 12.7. The number of hydrogen-bond donors (Lipinski definition) is 0. The zero-order valence-electron chi connectivity index (χ0n) is 15.5. The Bertz CT molecular complexity index is 889. The average molecular weight is 350 g/mol. The van der Waals surface area contributed by atoms with Gasteiger partial charge in [0.1, 0.15) is 11.5 Å². The molecule has 1 heterocycles. The van der Waals surface area contributed by atoms with Crippen LogP contribution >= 0.6 is 0 Å². The Kier molecular flexibility index (Phi) is 4.94. The second kappa shape index (κ2) is 7.16. The minimum absolute atomic E-state index is 0.154. The van der Waals surface area contributed by atoms with E-state index < -0.39 is 0 Å². The van der Waals surface area contributed by atoms with E-state index in [9.17, 15) is 9.59 Å². The van der Waals surface area contributed by atoms with Gasteiger partial charge in [0.25, 0.3) is 0 Å². The van der Waals surface area contributed by atoms with Gasteiger partial charge >= 0.3 is 5.97 Å². The van der Waals surface area contributed by atoms with Crippen molar-refractivity contribution in [2.24, 2.45) is 5.92 Å². The molecule has 0 saturated carbocycles. The van der Waals surface area contributed by atoms with Crippen molar-refractivity contribution in [3.8, 4) is 11.5 Å². The number of aryl methyl sites for hydroxylation is 2. The maximum Gasteiger partial charge on any atom is 0.313 e. The highest BCUT2D eigenvalue weighted by atomic mass is 16.5. The summed E-state index contributed by atoms with van der Waals surface area (Å²) in [5.41, 5.74) is 3.39. The first-order valence-corrected chi connectivity index (χ1v) is 8.78. The Morgan fingerprint density at radius 2 is 1.88 bits per heavy atom. The van der Waals surface area contributed by atoms with Crippen LogP contribution < -0.4 is 9.47 Å². The lowest BCUT2D eigenvalue weighted by atomic mass is 10.0. The van der Waals surface area contributed by atoms with E-state index in [1.54, 1.807) is 32.1 Å². The Hall–Kier alpha value is -2.88. The summed E-state index contributed by atoms with van der Waals surface area (Å²) in [5, 5.41) is 0. The van der Waals surface area contributed by atoms with Crippen LogP contribution in [0.1, 0.15) is 47.8 Å². The van der Waals surface area contributed by atoms with Crippen LogP contribution in [-0.2, 0) is 11.2 Å². The zero-order valence-corrected chi connectivity index (χ0v) is 15.5. The molecule has 0 N–H and O–H groups in total. The lowest BCUT2D eigenvalue weighted by Gasteiger charge is -2.09. The number of rotatable bonds is 4. The Balaban J connectivity index is 1.89. The van der Waals surface area contributed by atoms with Gasteiger partial charge in [-0.25, -0.2) is 0 Å². The molecule has 2 aromatic rings. The Morgan fingerprint density at radius 1 is 1.19 bits per heavy atom. The molecular weight excluding hydrogens is 328 g/mol. The molecule has 0 amide bonds. The van der Waals surface area contributed by atoms with Crippen molar-refractivity contribution in [2.75, 3.05) is 0 Å². The van der Waals surface area contributed by atoms with E-state index in [-0.39, 0.29) is 23.4 Å². The van der Waals surface area contributed by atoms with E-state index in [2.05, 4.69) is 6.92 Å². The Morgan fingerprint density at radius 3 is 2.50 bits per heavy atom. The van der Waals surface area contributed by atoms with Gasteiger partial charge < -0.3 is 9.47 Å². The first kappa shape index (κ1) is 17.9. The summed E-state index contributed by atoms with van der Waals surface area (Å²) in [4.78, 5) is 24.5. The largest absolute Gasteiger partial charge is 0.452 e. The van der Waals surface area contributed by atoms with Crippen LogP contribution in [0.15, 0.2) is 42.2 Å². The number of Topliss-reactive ketones (excluding diaryl/α,β-unsaturated/α-hetero) is 1. The third-order valence-corrected chi connectivity index (χ3v) is 4.32. The summed E-state index contributed by atoms with van der Waals surface area (Å²) in [6.07, 6.45) is 2.70. The quantitative estimate of drug-likeness (QED) is 0.454. The van der Waals surface area contributed by atoms with Crippen LogP contribution in [0.25, 0.3) is 6.08 Å². The normalized spacial score (nSPS) is 14.5. The zero-order chi connectivity index (χ0) is 18.8. The van der Waals surface area contributed by atoms with Crippen molar-refractivity contribution in [3.63, 3.8) is 0 Å². The van der Waals surface area contributed by atoms with Gasteiger partial charge in [-0.1, -0.05) is 45.0 Å². The second-order valence-corrected chi connectivity index (χ2v) is 6.72. The second-order valence-electron chi connectivity index (χ2n) is 6.72. The van der Waals surface area contributed by atoms with Gasteiger partial charge in [0.15, 0.2) is 5.76 Å². The van der Waals surface area contributed by atoms with Crippen LogP contribution in [0.5, 0.6) is 11.5 Å². The maximum absolute atomic E-state index is 12.7. The molecule has 2 aromatic carbocycles. The van der Waals surface area contributed by atoms with Crippen molar-refractivity contribution < 1.29 is 19.1 Å². The lowest BCUT2D eigenvalue weighted by molar-refractivity contribution is -0.137. The molecule has 0 spiro atoms. The lowest BCUT2D eigenvalue weighted by Crippen LogP contribution is -2.14. The number of ketones is 1. The molecule has 3 rings (SSSR count). The molecule has 1 aliphatic heterocycles. The number of carbonyl (C=O) groups excluding carboxylic acids is 2. The summed E-state index contributed by atoms with van der Waals surface area (Å²) in [6.45, 7) is 7.45. The standard InChI is InChI=1S/C22H22O4/c1-5-15-6-8-16(9-7-15)11-19-21(23)20-14(4)10-17(12-18(20)26-19)25-22(24)13(2)3/h6-13H,5H2,1-4H3/b19-11-. The molecule has 0 saturated heterocycles. The minimum atomic E-state index is -0.319. The van der Waals surface area contributed by atoms with Crippen molar-refractivity contribution in [1.29, 1.82) is 0 Å². The molecule has 0 fully saturated rings. The molecule has 0 aliphatic carbocycles. The highest BCUT2D eigenvalue weighted by molar-refractivity contribution is 6.15.